The molecule has 0 saturated carbocycles. The normalized spacial score (nSPS) is 10.2. The number of nitrogens with one attached hydrogen (secondary N) is 1. The fourth-order valence-electron chi connectivity index (χ4n) is 1.73. The number of hydrogen-bond donors (Lipinski definition) is 1. The minimum atomic E-state index is -0.0912. The van der Waals surface area contributed by atoms with Crippen molar-refractivity contribution in [3.05, 3.63) is 71.8 Å². The highest BCUT2D eigenvalue weighted by molar-refractivity contribution is 6.13. The lowest BCUT2D eigenvalue weighted by Crippen LogP contribution is -2.24. The molecule has 0 aliphatic carbocycles. The average Bonchev–Trinajstić information content (AvgIpc) is 2.49. The Bertz CT molecular complexity index is 547. The molecule has 2 aromatic carbocycles. The third-order valence-electron chi connectivity index (χ3n) is 2.90. The van der Waals surface area contributed by atoms with Crippen LogP contribution in [-0.4, -0.2) is 11.6 Å². The van der Waals surface area contributed by atoms with E-state index in [4.69, 9.17) is 0 Å². The Kier molecular flexibility index (Phi) is 4.66. The minimum Gasteiger partial charge on any atom is -0.273 e. The molecule has 3 heteroatoms. The molecule has 1 N–H and O–H groups in total. The van der Waals surface area contributed by atoms with Gasteiger partial charge in [-0.05, 0) is 0 Å². The van der Waals surface area contributed by atoms with Crippen molar-refractivity contribution in [2.45, 2.75) is 13.8 Å². The predicted octanol–water partition coefficient (Wildman–Crippen LogP) is 3.21. The number of benzene rings is 2. The Labute approximate surface area is 119 Å². The van der Waals surface area contributed by atoms with Crippen LogP contribution >= 0.6 is 0 Å². The number of carbonyl (C=O) groups is 1. The maximum atomic E-state index is 11.7. The van der Waals surface area contributed by atoms with Crippen LogP contribution in [0.15, 0.2) is 65.8 Å². The number of rotatable bonds is 4. The van der Waals surface area contributed by atoms with Crippen molar-refractivity contribution in [1.82, 2.24) is 5.43 Å². The summed E-state index contributed by atoms with van der Waals surface area (Å²) in [5, 5.41) is 4.30. The van der Waals surface area contributed by atoms with Gasteiger partial charge in [0.25, 0.3) is 0 Å². The topological polar surface area (TPSA) is 41.5 Å². The fraction of sp³-hybridized carbons (Fsp3) is 0.176. The van der Waals surface area contributed by atoms with Crippen molar-refractivity contribution in [2.24, 2.45) is 11.0 Å². The summed E-state index contributed by atoms with van der Waals surface area (Å²) in [5.74, 6) is -0.180. The van der Waals surface area contributed by atoms with Crippen LogP contribution in [0.4, 0.5) is 0 Å². The van der Waals surface area contributed by atoms with Gasteiger partial charge in [0.05, 0.1) is 5.71 Å². The van der Waals surface area contributed by atoms with Crippen LogP contribution in [0.25, 0.3) is 0 Å². The van der Waals surface area contributed by atoms with Crippen LogP contribution in [0.2, 0.25) is 0 Å². The number of nitrogens with zero attached hydrogens (tertiary/aromatic N) is 1. The van der Waals surface area contributed by atoms with E-state index in [0.717, 1.165) is 16.8 Å². The van der Waals surface area contributed by atoms with E-state index in [9.17, 15) is 4.79 Å². The molecule has 20 heavy (non-hydrogen) atoms. The molecule has 0 spiro atoms. The molecule has 0 fully saturated rings. The molecule has 2 rings (SSSR count). The van der Waals surface area contributed by atoms with Gasteiger partial charge in [-0.1, -0.05) is 74.5 Å². The van der Waals surface area contributed by atoms with Gasteiger partial charge in [0.15, 0.2) is 0 Å². The third kappa shape index (κ3) is 3.54. The molecule has 0 radical (unpaired) electrons. The van der Waals surface area contributed by atoms with Gasteiger partial charge >= 0.3 is 0 Å². The molecular formula is C17H18N2O. The SMILES string of the molecule is CC(C)C(=O)NN=C(c1ccccc1)c1ccccc1. The van der Waals surface area contributed by atoms with E-state index in [0.29, 0.717) is 0 Å². The van der Waals surface area contributed by atoms with Crippen LogP contribution in [-0.2, 0) is 4.79 Å². The lowest BCUT2D eigenvalue weighted by molar-refractivity contribution is -0.123. The molecule has 0 bridgehead atoms. The summed E-state index contributed by atoms with van der Waals surface area (Å²) in [4.78, 5) is 11.7. The van der Waals surface area contributed by atoms with Crippen molar-refractivity contribution in [2.75, 3.05) is 0 Å². The second-order valence-electron chi connectivity index (χ2n) is 4.82. The monoisotopic (exact) mass is 266 g/mol. The van der Waals surface area contributed by atoms with Crippen molar-refractivity contribution < 1.29 is 4.79 Å². The Morgan fingerprint density at radius 3 is 1.75 bits per heavy atom. The van der Waals surface area contributed by atoms with E-state index in [1.54, 1.807) is 0 Å². The summed E-state index contributed by atoms with van der Waals surface area (Å²) in [6.07, 6.45) is 0. The molecule has 0 atom stereocenters. The number of amides is 1. The minimum absolute atomic E-state index is 0.0886. The quantitative estimate of drug-likeness (QED) is 0.670. The van der Waals surface area contributed by atoms with E-state index in [1.807, 2.05) is 74.5 Å². The van der Waals surface area contributed by atoms with Crippen LogP contribution < -0.4 is 5.43 Å². The van der Waals surface area contributed by atoms with Gasteiger partial charge in [-0.2, -0.15) is 5.10 Å². The van der Waals surface area contributed by atoms with Gasteiger partial charge in [-0.3, -0.25) is 4.79 Å². The summed E-state index contributed by atoms with van der Waals surface area (Å²) in [7, 11) is 0. The summed E-state index contributed by atoms with van der Waals surface area (Å²) in [6, 6.07) is 19.7. The molecular weight excluding hydrogens is 248 g/mol. The third-order valence-corrected chi connectivity index (χ3v) is 2.90. The predicted molar refractivity (Wildman–Crippen MR) is 81.5 cm³/mol. The first-order chi connectivity index (χ1) is 9.68. The first-order valence-electron chi connectivity index (χ1n) is 6.67. The maximum Gasteiger partial charge on any atom is 0.242 e. The van der Waals surface area contributed by atoms with Crippen molar-refractivity contribution in [3.63, 3.8) is 0 Å². The molecule has 3 nitrogen and oxygen atoms in total. The molecule has 0 aliphatic heterocycles. The van der Waals surface area contributed by atoms with Gasteiger partial charge in [-0.15, -0.1) is 0 Å². The Balaban J connectivity index is 2.35. The molecule has 0 aromatic heterocycles. The van der Waals surface area contributed by atoms with E-state index in [-0.39, 0.29) is 11.8 Å². The Hall–Kier alpha value is -2.42. The molecule has 0 unspecified atom stereocenters. The summed E-state index contributed by atoms with van der Waals surface area (Å²) >= 11 is 0. The second-order valence-corrected chi connectivity index (χ2v) is 4.82. The second kappa shape index (κ2) is 6.66. The lowest BCUT2D eigenvalue weighted by Gasteiger charge is -2.09. The van der Waals surface area contributed by atoms with Crippen LogP contribution in [0.3, 0.4) is 0 Å². The summed E-state index contributed by atoms with van der Waals surface area (Å²) in [5.41, 5.74) is 5.34. The first kappa shape index (κ1) is 14.0. The van der Waals surface area contributed by atoms with Gasteiger partial charge in [0.1, 0.15) is 0 Å². The average molecular weight is 266 g/mol. The zero-order chi connectivity index (χ0) is 14.4. The number of carbonyl (C=O) groups excluding carboxylic acids is 1. The molecule has 0 aliphatic rings. The zero-order valence-electron chi connectivity index (χ0n) is 11.7. The smallest absolute Gasteiger partial charge is 0.242 e. The van der Waals surface area contributed by atoms with E-state index >= 15 is 0 Å². The van der Waals surface area contributed by atoms with Crippen molar-refractivity contribution in [1.29, 1.82) is 0 Å². The largest absolute Gasteiger partial charge is 0.273 e. The van der Waals surface area contributed by atoms with E-state index < -0.39 is 0 Å². The lowest BCUT2D eigenvalue weighted by atomic mass is 10.0. The Morgan fingerprint density at radius 1 is 0.900 bits per heavy atom. The maximum absolute atomic E-state index is 11.7. The van der Waals surface area contributed by atoms with Crippen LogP contribution in [0.1, 0.15) is 25.0 Å². The molecule has 0 saturated heterocycles. The van der Waals surface area contributed by atoms with Crippen molar-refractivity contribution in [3.8, 4) is 0 Å². The van der Waals surface area contributed by atoms with Crippen LogP contribution in [0, 0.1) is 5.92 Å². The van der Waals surface area contributed by atoms with Crippen LogP contribution in [0.5, 0.6) is 0 Å². The molecule has 1 amide bonds. The van der Waals surface area contributed by atoms with E-state index in [1.165, 1.54) is 0 Å². The Morgan fingerprint density at radius 2 is 1.35 bits per heavy atom. The van der Waals surface area contributed by atoms with Crippen molar-refractivity contribution >= 4 is 11.6 Å². The molecule has 102 valence electrons. The standard InChI is InChI=1S/C17H18N2O/c1-13(2)17(20)19-18-16(14-9-5-3-6-10-14)15-11-7-4-8-12-15/h3-13H,1-2H3,(H,19,20). The highest BCUT2D eigenvalue weighted by atomic mass is 16.2. The number of hydrazone groups is 1. The highest BCUT2D eigenvalue weighted by Gasteiger charge is 2.09. The highest BCUT2D eigenvalue weighted by Crippen LogP contribution is 2.10. The first-order valence-corrected chi connectivity index (χ1v) is 6.67. The van der Waals surface area contributed by atoms with E-state index in [2.05, 4.69) is 10.5 Å². The molecule has 2 aromatic rings. The summed E-state index contributed by atoms with van der Waals surface area (Å²) in [6.45, 7) is 3.69. The van der Waals surface area contributed by atoms with Gasteiger partial charge < -0.3 is 0 Å². The number of hydrogen-bond acceptors (Lipinski definition) is 2. The van der Waals surface area contributed by atoms with Gasteiger partial charge in [-0.25, -0.2) is 5.43 Å². The fourth-order valence-corrected chi connectivity index (χ4v) is 1.73. The summed E-state index contributed by atoms with van der Waals surface area (Å²) < 4.78 is 0. The zero-order valence-corrected chi connectivity index (χ0v) is 11.7. The van der Waals surface area contributed by atoms with Gasteiger partial charge in [0, 0.05) is 17.0 Å². The van der Waals surface area contributed by atoms with Gasteiger partial charge in [0.2, 0.25) is 5.91 Å². The molecule has 0 heterocycles.